The summed E-state index contributed by atoms with van der Waals surface area (Å²) in [6.07, 6.45) is -9.22. The Morgan fingerprint density at radius 2 is 1.72 bits per heavy atom. The van der Waals surface area contributed by atoms with Crippen LogP contribution >= 0.6 is 11.3 Å². The molecule has 1 aromatic carbocycles. The predicted octanol–water partition coefficient (Wildman–Crippen LogP) is 3.72. The second-order valence-corrected chi connectivity index (χ2v) is 7.43. The Balaban J connectivity index is 2.44. The fourth-order valence-electron chi connectivity index (χ4n) is 1.72. The van der Waals surface area contributed by atoms with Gasteiger partial charge in [-0.25, -0.2) is 0 Å². The van der Waals surface area contributed by atoms with Crippen LogP contribution in [0.2, 0.25) is 0 Å². The molecule has 13 heteroatoms. The number of rotatable bonds is 4. The van der Waals surface area contributed by atoms with Gasteiger partial charge in [-0.15, -0.1) is 10.2 Å². The minimum absolute atomic E-state index is 0.0105. The van der Waals surface area contributed by atoms with Crippen LogP contribution in [0.15, 0.2) is 18.2 Å². The van der Waals surface area contributed by atoms with Gasteiger partial charge in [0.2, 0.25) is 0 Å². The predicted molar refractivity (Wildman–Crippen MR) is 75.0 cm³/mol. The molecule has 0 aliphatic carbocycles. The highest BCUT2D eigenvalue weighted by Crippen LogP contribution is 2.41. The summed E-state index contributed by atoms with van der Waals surface area (Å²) in [7, 11) is -3.80. The van der Waals surface area contributed by atoms with Crippen LogP contribution < -0.4 is 0 Å². The van der Waals surface area contributed by atoms with Gasteiger partial charge in [-0.2, -0.15) is 34.8 Å². The molecule has 2 rings (SSSR count). The minimum Gasteiger partial charge on any atom is -0.263 e. The van der Waals surface area contributed by atoms with E-state index in [0.717, 1.165) is 6.26 Å². The molecular formula is C12H8F6N2O3S2. The third-order valence-electron chi connectivity index (χ3n) is 2.75. The number of benzene rings is 1. The maximum Gasteiger partial charge on any atom is 0.417 e. The van der Waals surface area contributed by atoms with Crippen molar-refractivity contribution in [3.63, 3.8) is 0 Å². The van der Waals surface area contributed by atoms with Crippen molar-refractivity contribution in [2.45, 2.75) is 19.0 Å². The van der Waals surface area contributed by atoms with E-state index in [1.54, 1.807) is 0 Å². The highest BCUT2D eigenvalue weighted by molar-refractivity contribution is 7.85. The van der Waals surface area contributed by atoms with Crippen molar-refractivity contribution >= 4 is 21.5 Å². The molecule has 0 atom stereocenters. The van der Waals surface area contributed by atoms with Crippen molar-refractivity contribution < 1.29 is 38.9 Å². The molecule has 138 valence electrons. The second kappa shape index (κ2) is 6.53. The number of nitrogens with zero attached hydrogens (tertiary/aromatic N) is 2. The molecule has 0 N–H and O–H groups in total. The maximum absolute atomic E-state index is 13.1. The molecule has 0 aliphatic heterocycles. The van der Waals surface area contributed by atoms with Crippen LogP contribution in [0.5, 0.6) is 0 Å². The first kappa shape index (κ1) is 19.6. The molecular weight excluding hydrogens is 398 g/mol. The Kier molecular flexibility index (Phi) is 5.12. The average molecular weight is 406 g/mol. The number of halogens is 6. The van der Waals surface area contributed by atoms with Gasteiger partial charge in [0.25, 0.3) is 10.1 Å². The molecule has 0 aliphatic rings. The number of hydrogen-bond acceptors (Lipinski definition) is 6. The fourth-order valence-corrected chi connectivity index (χ4v) is 2.91. The summed E-state index contributed by atoms with van der Waals surface area (Å²) >= 11 is 0.577. The summed E-state index contributed by atoms with van der Waals surface area (Å²) in [5.74, 6) is 0. The molecule has 0 amide bonds. The van der Waals surface area contributed by atoms with Gasteiger partial charge < -0.3 is 0 Å². The average Bonchev–Trinajstić information content (AvgIpc) is 2.90. The van der Waals surface area contributed by atoms with Crippen LogP contribution in [-0.4, -0.2) is 24.9 Å². The van der Waals surface area contributed by atoms with Gasteiger partial charge in [0.15, 0.2) is 0 Å². The molecule has 1 heterocycles. The van der Waals surface area contributed by atoms with Crippen molar-refractivity contribution in [2.24, 2.45) is 0 Å². The second-order valence-electron chi connectivity index (χ2n) is 4.72. The molecule has 0 radical (unpaired) electrons. The Labute approximate surface area is 141 Å². The first-order chi connectivity index (χ1) is 11.3. The zero-order valence-electron chi connectivity index (χ0n) is 12.1. The van der Waals surface area contributed by atoms with Crippen molar-refractivity contribution in [3.8, 4) is 10.6 Å². The summed E-state index contributed by atoms with van der Waals surface area (Å²) < 4.78 is 103. The fraction of sp³-hybridized carbons (Fsp3) is 0.333. The highest BCUT2D eigenvalue weighted by atomic mass is 32.2. The quantitative estimate of drug-likeness (QED) is 0.572. The van der Waals surface area contributed by atoms with E-state index in [1.165, 1.54) is 0 Å². The van der Waals surface area contributed by atoms with Crippen LogP contribution in [0, 0.1) is 0 Å². The van der Waals surface area contributed by atoms with Crippen LogP contribution in [0.4, 0.5) is 26.3 Å². The minimum atomic E-state index is -5.05. The number of hydrogen-bond donors (Lipinski definition) is 0. The van der Waals surface area contributed by atoms with Gasteiger partial charge >= 0.3 is 12.4 Å². The largest absolute Gasteiger partial charge is 0.417 e. The number of aromatic nitrogens is 2. The van der Waals surface area contributed by atoms with Gasteiger partial charge in [-0.1, -0.05) is 17.4 Å². The summed E-state index contributed by atoms with van der Waals surface area (Å²) in [5, 5.41) is 6.59. The van der Waals surface area contributed by atoms with Gasteiger partial charge in [-0.05, 0) is 12.1 Å². The molecule has 25 heavy (non-hydrogen) atoms. The van der Waals surface area contributed by atoms with Gasteiger partial charge in [-0.3, -0.25) is 4.18 Å². The summed E-state index contributed by atoms with van der Waals surface area (Å²) in [5.41, 5.74) is -3.56. The lowest BCUT2D eigenvalue weighted by atomic mass is 10.0. The van der Waals surface area contributed by atoms with E-state index in [0.29, 0.717) is 23.5 Å². The lowest BCUT2D eigenvalue weighted by Gasteiger charge is -2.14. The van der Waals surface area contributed by atoms with E-state index in [9.17, 15) is 34.8 Å². The van der Waals surface area contributed by atoms with E-state index >= 15 is 0 Å². The molecule has 2 aromatic rings. The smallest absolute Gasteiger partial charge is 0.263 e. The molecule has 0 fully saturated rings. The molecule has 0 saturated heterocycles. The van der Waals surface area contributed by atoms with Crippen LogP contribution in [0.1, 0.15) is 16.1 Å². The van der Waals surface area contributed by atoms with Gasteiger partial charge in [0, 0.05) is 5.56 Å². The third kappa shape index (κ3) is 5.12. The van der Waals surface area contributed by atoms with Crippen molar-refractivity contribution in [1.82, 2.24) is 10.2 Å². The van der Waals surface area contributed by atoms with E-state index in [4.69, 9.17) is 0 Å². The standard InChI is InChI=1S/C12H8F6N2O3S2/c1-25(21,22)23-5-9-19-20-10(24-9)7-3-2-6(11(13,14)15)4-8(7)12(16,17)18/h2-4H,5H2,1H3. The Hall–Kier alpha value is -1.73. The zero-order valence-corrected chi connectivity index (χ0v) is 13.8. The first-order valence-electron chi connectivity index (χ1n) is 6.23. The molecule has 0 unspecified atom stereocenters. The SMILES string of the molecule is CS(=O)(=O)OCc1nnc(-c2ccc(C(F)(F)F)cc2C(F)(F)F)s1. The molecule has 1 aromatic heterocycles. The van der Waals surface area contributed by atoms with Crippen LogP contribution in [0.3, 0.4) is 0 Å². The van der Waals surface area contributed by atoms with Gasteiger partial charge in [0.1, 0.15) is 16.6 Å². The molecule has 0 saturated carbocycles. The molecule has 0 spiro atoms. The van der Waals surface area contributed by atoms with E-state index in [2.05, 4.69) is 14.4 Å². The topological polar surface area (TPSA) is 69.2 Å². The zero-order chi connectivity index (χ0) is 19.0. The third-order valence-corrected chi connectivity index (χ3v) is 4.22. The van der Waals surface area contributed by atoms with Gasteiger partial charge in [0.05, 0.1) is 17.4 Å². The highest BCUT2D eigenvalue weighted by Gasteiger charge is 2.39. The molecule has 5 nitrogen and oxygen atoms in total. The summed E-state index contributed by atoms with van der Waals surface area (Å²) in [4.78, 5) is 0. The Morgan fingerprint density at radius 1 is 1.08 bits per heavy atom. The Morgan fingerprint density at radius 3 is 2.24 bits per heavy atom. The van der Waals surface area contributed by atoms with E-state index in [1.807, 2.05) is 0 Å². The van der Waals surface area contributed by atoms with E-state index < -0.39 is 45.8 Å². The van der Waals surface area contributed by atoms with Crippen molar-refractivity contribution in [3.05, 3.63) is 34.3 Å². The van der Waals surface area contributed by atoms with Crippen molar-refractivity contribution in [2.75, 3.05) is 6.26 Å². The monoisotopic (exact) mass is 406 g/mol. The lowest BCUT2D eigenvalue weighted by Crippen LogP contribution is -2.12. The van der Waals surface area contributed by atoms with Crippen LogP contribution in [-0.2, 0) is 33.3 Å². The van der Waals surface area contributed by atoms with E-state index in [-0.39, 0.29) is 16.1 Å². The number of alkyl halides is 6. The molecule has 0 bridgehead atoms. The summed E-state index contributed by atoms with van der Waals surface area (Å²) in [6.45, 7) is -0.543. The maximum atomic E-state index is 13.1. The van der Waals surface area contributed by atoms with Crippen LogP contribution in [0.25, 0.3) is 10.6 Å². The lowest BCUT2D eigenvalue weighted by molar-refractivity contribution is -0.142. The summed E-state index contributed by atoms with van der Waals surface area (Å²) in [6, 6.07) is 1.13. The Bertz CT molecular complexity index is 874. The first-order valence-corrected chi connectivity index (χ1v) is 8.86. The normalized spacial score (nSPS) is 13.2. The van der Waals surface area contributed by atoms with Crippen molar-refractivity contribution in [1.29, 1.82) is 0 Å².